The molecule has 1 aromatic carbocycles. The largest absolute Gasteiger partial charge is 0.391 e. The minimum atomic E-state index is -3.73. The smallest absolute Gasteiger partial charge is 0.297 e. The zero-order valence-corrected chi connectivity index (χ0v) is 11.6. The Morgan fingerprint density at radius 3 is 2.58 bits per heavy atom. The van der Waals surface area contributed by atoms with Crippen LogP contribution in [-0.2, 0) is 19.0 Å². The van der Waals surface area contributed by atoms with Gasteiger partial charge in [0.2, 0.25) is 0 Å². The van der Waals surface area contributed by atoms with E-state index in [1.54, 1.807) is 12.1 Å². The standard InChI is InChI=1S/C13H18O5S/c1-10-2-6-13(7-3-10)19(15,16)18-9-12-5-4-11(14)8-17-12/h2-3,6-7,11-12,14H,4-5,8-9H2,1H3. The highest BCUT2D eigenvalue weighted by Crippen LogP contribution is 2.17. The lowest BCUT2D eigenvalue weighted by Gasteiger charge is -2.25. The molecule has 1 N–H and O–H groups in total. The zero-order valence-electron chi connectivity index (χ0n) is 10.8. The Kier molecular flexibility index (Phi) is 4.57. The van der Waals surface area contributed by atoms with Gasteiger partial charge in [-0.05, 0) is 31.9 Å². The van der Waals surface area contributed by atoms with Gasteiger partial charge >= 0.3 is 0 Å². The first-order valence-corrected chi connectivity index (χ1v) is 7.64. The fraction of sp³-hybridized carbons (Fsp3) is 0.538. The summed E-state index contributed by atoms with van der Waals surface area (Å²) in [6.45, 7) is 2.11. The van der Waals surface area contributed by atoms with Crippen LogP contribution in [0.3, 0.4) is 0 Å². The van der Waals surface area contributed by atoms with E-state index in [-0.39, 0.29) is 24.2 Å². The highest BCUT2D eigenvalue weighted by Gasteiger charge is 2.23. The van der Waals surface area contributed by atoms with Crippen LogP contribution in [-0.4, -0.2) is 38.9 Å². The molecule has 1 aromatic rings. The molecule has 0 amide bonds. The quantitative estimate of drug-likeness (QED) is 0.843. The first kappa shape index (κ1) is 14.5. The number of ether oxygens (including phenoxy) is 1. The van der Waals surface area contributed by atoms with Crippen molar-refractivity contribution in [1.82, 2.24) is 0 Å². The summed E-state index contributed by atoms with van der Waals surface area (Å²) in [7, 11) is -3.73. The number of rotatable bonds is 4. The zero-order chi connectivity index (χ0) is 13.9. The SMILES string of the molecule is Cc1ccc(S(=O)(=O)OCC2CCC(O)CO2)cc1. The monoisotopic (exact) mass is 286 g/mol. The molecule has 2 rings (SSSR count). The molecule has 5 nitrogen and oxygen atoms in total. The Bertz CT molecular complexity index is 500. The van der Waals surface area contributed by atoms with Crippen molar-refractivity contribution in [3.8, 4) is 0 Å². The van der Waals surface area contributed by atoms with Gasteiger partial charge in [-0.25, -0.2) is 0 Å². The van der Waals surface area contributed by atoms with Gasteiger partial charge in [-0.15, -0.1) is 0 Å². The second-order valence-corrected chi connectivity index (χ2v) is 6.35. The van der Waals surface area contributed by atoms with Gasteiger partial charge in [-0.2, -0.15) is 8.42 Å². The van der Waals surface area contributed by atoms with Crippen LogP contribution in [0.4, 0.5) is 0 Å². The Balaban J connectivity index is 1.92. The fourth-order valence-electron chi connectivity index (χ4n) is 1.86. The van der Waals surface area contributed by atoms with E-state index in [4.69, 9.17) is 8.92 Å². The first-order chi connectivity index (χ1) is 8.97. The second kappa shape index (κ2) is 6.00. The molecule has 1 fully saturated rings. The summed E-state index contributed by atoms with van der Waals surface area (Å²) in [5.41, 5.74) is 0.989. The minimum Gasteiger partial charge on any atom is -0.391 e. The number of aliphatic hydroxyl groups is 1. The molecule has 0 radical (unpaired) electrons. The van der Waals surface area contributed by atoms with E-state index < -0.39 is 16.2 Å². The summed E-state index contributed by atoms with van der Waals surface area (Å²) in [5.74, 6) is 0. The highest BCUT2D eigenvalue weighted by molar-refractivity contribution is 7.86. The summed E-state index contributed by atoms with van der Waals surface area (Å²) >= 11 is 0. The number of benzene rings is 1. The van der Waals surface area contributed by atoms with E-state index in [1.807, 2.05) is 6.92 Å². The normalized spacial score (nSPS) is 24.3. The van der Waals surface area contributed by atoms with Crippen LogP contribution in [0.2, 0.25) is 0 Å². The molecule has 1 saturated heterocycles. The number of hydrogen-bond acceptors (Lipinski definition) is 5. The minimum absolute atomic E-state index is 0.0110. The van der Waals surface area contributed by atoms with Gasteiger partial charge in [0, 0.05) is 0 Å². The maximum absolute atomic E-state index is 11.9. The van der Waals surface area contributed by atoms with Crippen LogP contribution in [0.1, 0.15) is 18.4 Å². The first-order valence-electron chi connectivity index (χ1n) is 6.23. The lowest BCUT2D eigenvalue weighted by atomic mass is 10.1. The van der Waals surface area contributed by atoms with Crippen LogP contribution in [0.5, 0.6) is 0 Å². The van der Waals surface area contributed by atoms with Crippen LogP contribution in [0, 0.1) is 6.92 Å². The summed E-state index contributed by atoms with van der Waals surface area (Å²) in [6.07, 6.45) is 0.483. The molecule has 1 aliphatic heterocycles. The van der Waals surface area contributed by atoms with E-state index in [0.717, 1.165) is 5.56 Å². The molecular weight excluding hydrogens is 268 g/mol. The Morgan fingerprint density at radius 1 is 1.32 bits per heavy atom. The Morgan fingerprint density at radius 2 is 2.00 bits per heavy atom. The lowest BCUT2D eigenvalue weighted by Crippen LogP contribution is -2.32. The van der Waals surface area contributed by atoms with Crippen molar-refractivity contribution in [2.45, 2.75) is 36.9 Å². The van der Waals surface area contributed by atoms with Crippen LogP contribution >= 0.6 is 0 Å². The third kappa shape index (κ3) is 4.01. The maximum Gasteiger partial charge on any atom is 0.297 e. The van der Waals surface area contributed by atoms with Gasteiger partial charge in [0.15, 0.2) is 0 Å². The van der Waals surface area contributed by atoms with E-state index in [0.29, 0.717) is 12.8 Å². The Labute approximate surface area is 113 Å². The molecule has 0 bridgehead atoms. The topological polar surface area (TPSA) is 72.8 Å². The van der Waals surface area contributed by atoms with Crippen molar-refractivity contribution in [3.63, 3.8) is 0 Å². The van der Waals surface area contributed by atoms with Gasteiger partial charge < -0.3 is 9.84 Å². The summed E-state index contributed by atoms with van der Waals surface area (Å²) in [5, 5.41) is 9.27. The predicted molar refractivity (Wildman–Crippen MR) is 69.3 cm³/mol. The molecule has 1 heterocycles. The second-order valence-electron chi connectivity index (χ2n) is 4.74. The van der Waals surface area contributed by atoms with Crippen molar-refractivity contribution in [2.24, 2.45) is 0 Å². The summed E-state index contributed by atoms with van der Waals surface area (Å²) in [4.78, 5) is 0.147. The van der Waals surface area contributed by atoms with Crippen molar-refractivity contribution in [1.29, 1.82) is 0 Å². The molecule has 0 spiro atoms. The van der Waals surface area contributed by atoms with Crippen molar-refractivity contribution in [3.05, 3.63) is 29.8 Å². The molecule has 2 atom stereocenters. The molecule has 1 aliphatic rings. The molecule has 19 heavy (non-hydrogen) atoms. The number of hydrogen-bond donors (Lipinski definition) is 1. The van der Waals surface area contributed by atoms with Crippen LogP contribution < -0.4 is 0 Å². The van der Waals surface area contributed by atoms with E-state index >= 15 is 0 Å². The Hall–Kier alpha value is -0.950. The number of aliphatic hydroxyl groups excluding tert-OH is 1. The predicted octanol–water partition coefficient (Wildman–Crippen LogP) is 1.24. The van der Waals surface area contributed by atoms with Gasteiger partial charge in [0.25, 0.3) is 10.1 Å². The van der Waals surface area contributed by atoms with Gasteiger partial charge in [0.05, 0.1) is 30.3 Å². The molecule has 6 heteroatoms. The fourth-order valence-corrected chi connectivity index (χ4v) is 2.80. The van der Waals surface area contributed by atoms with Crippen LogP contribution in [0.25, 0.3) is 0 Å². The van der Waals surface area contributed by atoms with E-state index in [1.165, 1.54) is 12.1 Å². The van der Waals surface area contributed by atoms with Gasteiger partial charge in [-0.1, -0.05) is 17.7 Å². The highest BCUT2D eigenvalue weighted by atomic mass is 32.2. The molecule has 0 saturated carbocycles. The third-order valence-corrected chi connectivity index (χ3v) is 4.36. The van der Waals surface area contributed by atoms with Crippen molar-refractivity contribution < 1.29 is 22.4 Å². The van der Waals surface area contributed by atoms with Crippen molar-refractivity contribution >= 4 is 10.1 Å². The molecule has 0 aromatic heterocycles. The molecule has 0 aliphatic carbocycles. The third-order valence-electron chi connectivity index (χ3n) is 3.06. The van der Waals surface area contributed by atoms with E-state index in [2.05, 4.69) is 0 Å². The van der Waals surface area contributed by atoms with Crippen LogP contribution in [0.15, 0.2) is 29.2 Å². The summed E-state index contributed by atoms with van der Waals surface area (Å²) < 4.78 is 34.1. The average molecular weight is 286 g/mol. The van der Waals surface area contributed by atoms with E-state index in [9.17, 15) is 13.5 Å². The van der Waals surface area contributed by atoms with Gasteiger partial charge in [-0.3, -0.25) is 4.18 Å². The lowest BCUT2D eigenvalue weighted by molar-refractivity contribution is -0.0689. The van der Waals surface area contributed by atoms with Gasteiger partial charge in [0.1, 0.15) is 0 Å². The molecule has 2 unspecified atom stereocenters. The average Bonchev–Trinajstić information content (AvgIpc) is 2.39. The summed E-state index contributed by atoms with van der Waals surface area (Å²) in [6, 6.07) is 6.50. The maximum atomic E-state index is 11.9. The molecular formula is C13H18O5S. The van der Waals surface area contributed by atoms with Crippen molar-refractivity contribution in [2.75, 3.05) is 13.2 Å². The molecule has 106 valence electrons. The number of aryl methyl sites for hydroxylation is 1.